The van der Waals surface area contributed by atoms with Crippen LogP contribution in [0.4, 0.5) is 0 Å². The molecule has 0 aliphatic carbocycles. The van der Waals surface area contributed by atoms with E-state index in [1.165, 1.54) is 0 Å². The lowest BCUT2D eigenvalue weighted by atomic mass is 9.88. The zero-order valence-corrected chi connectivity index (χ0v) is 7.85. The van der Waals surface area contributed by atoms with Gasteiger partial charge in [0.2, 0.25) is 0 Å². The summed E-state index contributed by atoms with van der Waals surface area (Å²) in [4.78, 5) is 5.23. The molecule has 0 bridgehead atoms. The molecule has 0 aromatic heterocycles. The summed E-state index contributed by atoms with van der Waals surface area (Å²) in [6, 6.07) is 0. The van der Waals surface area contributed by atoms with Crippen molar-refractivity contribution < 1.29 is 4.84 Å². The van der Waals surface area contributed by atoms with Crippen LogP contribution >= 0.6 is 0 Å². The second-order valence-corrected chi connectivity index (χ2v) is 4.52. The van der Waals surface area contributed by atoms with Crippen LogP contribution in [0.25, 0.3) is 0 Å². The van der Waals surface area contributed by atoms with Crippen LogP contribution in [0.1, 0.15) is 40.5 Å². The summed E-state index contributed by atoms with van der Waals surface area (Å²) in [6.07, 6.45) is 2.43. The van der Waals surface area contributed by atoms with E-state index in [2.05, 4.69) is 25.9 Å². The summed E-state index contributed by atoms with van der Waals surface area (Å²) >= 11 is 0. The first kappa shape index (κ1) is 8.57. The van der Waals surface area contributed by atoms with Gasteiger partial charge in [-0.05, 0) is 18.8 Å². The standard InChI is InChI=1S/C9H17NO/c1-7-5-8(11-10-7)6-9(2,3)4/h8H,5-6H2,1-4H3. The van der Waals surface area contributed by atoms with Crippen LogP contribution < -0.4 is 0 Å². The summed E-state index contributed by atoms with van der Waals surface area (Å²) in [6.45, 7) is 8.70. The van der Waals surface area contributed by atoms with E-state index in [0.29, 0.717) is 11.5 Å². The molecule has 0 spiro atoms. The van der Waals surface area contributed by atoms with Gasteiger partial charge >= 0.3 is 0 Å². The van der Waals surface area contributed by atoms with Gasteiger partial charge in [-0.2, -0.15) is 0 Å². The Morgan fingerprint density at radius 2 is 2.18 bits per heavy atom. The number of nitrogens with zero attached hydrogens (tertiary/aromatic N) is 1. The van der Waals surface area contributed by atoms with Gasteiger partial charge in [0.25, 0.3) is 0 Å². The third-order valence-electron chi connectivity index (χ3n) is 1.72. The van der Waals surface area contributed by atoms with Gasteiger partial charge in [0.15, 0.2) is 0 Å². The van der Waals surface area contributed by atoms with Crippen molar-refractivity contribution in [3.63, 3.8) is 0 Å². The highest BCUT2D eigenvalue weighted by Crippen LogP contribution is 2.26. The molecule has 64 valence electrons. The van der Waals surface area contributed by atoms with Crippen molar-refractivity contribution in [1.29, 1.82) is 0 Å². The first-order valence-corrected chi connectivity index (χ1v) is 4.17. The summed E-state index contributed by atoms with van der Waals surface area (Å²) in [5.74, 6) is 0. The van der Waals surface area contributed by atoms with Crippen LogP contribution in [-0.4, -0.2) is 11.8 Å². The van der Waals surface area contributed by atoms with Crippen LogP contribution in [0, 0.1) is 5.41 Å². The highest BCUT2D eigenvalue weighted by Gasteiger charge is 2.24. The number of rotatable bonds is 1. The molecule has 2 heteroatoms. The molecular weight excluding hydrogens is 138 g/mol. The highest BCUT2D eigenvalue weighted by molar-refractivity contribution is 5.82. The van der Waals surface area contributed by atoms with E-state index in [4.69, 9.17) is 4.84 Å². The fourth-order valence-electron chi connectivity index (χ4n) is 1.36. The molecule has 1 unspecified atom stereocenters. The third kappa shape index (κ3) is 2.91. The van der Waals surface area contributed by atoms with Crippen LogP contribution in [0.5, 0.6) is 0 Å². The fraction of sp³-hybridized carbons (Fsp3) is 0.889. The lowest BCUT2D eigenvalue weighted by Gasteiger charge is -2.20. The van der Waals surface area contributed by atoms with Crippen molar-refractivity contribution in [2.24, 2.45) is 10.6 Å². The Kier molecular flexibility index (Phi) is 2.21. The number of oxime groups is 1. The van der Waals surface area contributed by atoms with Gasteiger partial charge in [0.1, 0.15) is 6.10 Å². The van der Waals surface area contributed by atoms with Gasteiger partial charge in [-0.3, -0.25) is 0 Å². The first-order valence-electron chi connectivity index (χ1n) is 4.17. The van der Waals surface area contributed by atoms with E-state index >= 15 is 0 Å². The Morgan fingerprint density at radius 3 is 2.55 bits per heavy atom. The van der Waals surface area contributed by atoms with Crippen molar-refractivity contribution in [3.05, 3.63) is 0 Å². The van der Waals surface area contributed by atoms with Crippen molar-refractivity contribution in [3.8, 4) is 0 Å². The molecule has 11 heavy (non-hydrogen) atoms. The normalized spacial score (nSPS) is 24.7. The molecule has 1 rings (SSSR count). The number of hydrogen-bond acceptors (Lipinski definition) is 2. The van der Waals surface area contributed by atoms with Crippen LogP contribution in [0.2, 0.25) is 0 Å². The Bertz CT molecular complexity index is 167. The Hall–Kier alpha value is -0.530. The number of hydrogen-bond donors (Lipinski definition) is 0. The summed E-state index contributed by atoms with van der Waals surface area (Å²) in [7, 11) is 0. The quantitative estimate of drug-likeness (QED) is 0.570. The van der Waals surface area contributed by atoms with E-state index in [1.54, 1.807) is 0 Å². The zero-order chi connectivity index (χ0) is 8.48. The van der Waals surface area contributed by atoms with Gasteiger partial charge in [-0.15, -0.1) is 0 Å². The average Bonchev–Trinajstić information content (AvgIpc) is 2.10. The maximum Gasteiger partial charge on any atom is 0.133 e. The topological polar surface area (TPSA) is 21.6 Å². The lowest BCUT2D eigenvalue weighted by molar-refractivity contribution is 0.0540. The SMILES string of the molecule is CC1=NOC(CC(C)(C)C)C1. The van der Waals surface area contributed by atoms with Crippen LogP contribution in [0.3, 0.4) is 0 Å². The molecule has 0 saturated carbocycles. The largest absolute Gasteiger partial charge is 0.392 e. The molecule has 1 aliphatic rings. The molecule has 0 aromatic rings. The minimum Gasteiger partial charge on any atom is -0.392 e. The van der Waals surface area contributed by atoms with E-state index < -0.39 is 0 Å². The summed E-state index contributed by atoms with van der Waals surface area (Å²) in [5.41, 5.74) is 1.48. The van der Waals surface area contributed by atoms with Crippen molar-refractivity contribution in [2.45, 2.75) is 46.6 Å². The summed E-state index contributed by atoms with van der Waals surface area (Å²) < 4.78 is 0. The van der Waals surface area contributed by atoms with Gasteiger partial charge in [-0.25, -0.2) is 0 Å². The van der Waals surface area contributed by atoms with Crippen LogP contribution in [0.15, 0.2) is 5.16 Å². The molecule has 0 aromatic carbocycles. The first-order chi connectivity index (χ1) is 4.97. The maximum atomic E-state index is 5.23. The second kappa shape index (κ2) is 2.84. The second-order valence-electron chi connectivity index (χ2n) is 4.52. The molecule has 2 nitrogen and oxygen atoms in total. The average molecular weight is 155 g/mol. The molecule has 0 fully saturated rings. The molecule has 1 aliphatic heterocycles. The summed E-state index contributed by atoms with van der Waals surface area (Å²) in [5, 5.41) is 3.92. The van der Waals surface area contributed by atoms with E-state index in [9.17, 15) is 0 Å². The molecule has 0 N–H and O–H groups in total. The molecular formula is C9H17NO. The molecule has 1 atom stereocenters. The Balaban J connectivity index is 2.32. The molecule has 1 heterocycles. The van der Waals surface area contributed by atoms with Gasteiger partial charge in [-0.1, -0.05) is 25.9 Å². The highest BCUT2D eigenvalue weighted by atomic mass is 16.6. The van der Waals surface area contributed by atoms with Gasteiger partial charge in [0.05, 0.1) is 5.71 Å². The Labute approximate surface area is 68.6 Å². The molecule has 0 saturated heterocycles. The zero-order valence-electron chi connectivity index (χ0n) is 7.85. The Morgan fingerprint density at radius 1 is 1.55 bits per heavy atom. The predicted molar refractivity (Wildman–Crippen MR) is 46.7 cm³/mol. The predicted octanol–water partition coefficient (Wildman–Crippen LogP) is 2.59. The van der Waals surface area contributed by atoms with E-state index in [-0.39, 0.29) is 0 Å². The fourth-order valence-corrected chi connectivity index (χ4v) is 1.36. The molecule has 0 radical (unpaired) electrons. The minimum absolute atomic E-state index is 0.329. The van der Waals surface area contributed by atoms with Crippen molar-refractivity contribution >= 4 is 5.71 Å². The third-order valence-corrected chi connectivity index (χ3v) is 1.72. The minimum atomic E-state index is 0.329. The van der Waals surface area contributed by atoms with Crippen molar-refractivity contribution in [2.75, 3.05) is 0 Å². The smallest absolute Gasteiger partial charge is 0.133 e. The van der Waals surface area contributed by atoms with Crippen molar-refractivity contribution in [1.82, 2.24) is 0 Å². The maximum absolute atomic E-state index is 5.23. The lowest BCUT2D eigenvalue weighted by Crippen LogP contribution is -2.17. The van der Waals surface area contributed by atoms with Crippen LogP contribution in [-0.2, 0) is 4.84 Å². The van der Waals surface area contributed by atoms with Gasteiger partial charge < -0.3 is 4.84 Å². The van der Waals surface area contributed by atoms with E-state index in [0.717, 1.165) is 18.6 Å². The van der Waals surface area contributed by atoms with Gasteiger partial charge in [0, 0.05) is 6.42 Å². The molecule has 0 amide bonds. The monoisotopic (exact) mass is 155 g/mol. The van der Waals surface area contributed by atoms with E-state index in [1.807, 2.05) is 6.92 Å².